The number of hydrogen-bond acceptors (Lipinski definition) is 5. The van der Waals surface area contributed by atoms with Crippen molar-refractivity contribution in [3.05, 3.63) is 29.0 Å². The molecule has 3 nitrogen and oxygen atoms in total. The van der Waals surface area contributed by atoms with Gasteiger partial charge in [0.15, 0.2) is 4.34 Å². The van der Waals surface area contributed by atoms with Crippen LogP contribution in [0.4, 0.5) is 5.69 Å². The van der Waals surface area contributed by atoms with Crippen LogP contribution in [-0.2, 0) is 0 Å². The molecule has 0 radical (unpaired) electrons. The Labute approximate surface area is 98.0 Å². The molecular formula is C8H6BrN3S2. The molecule has 0 amide bonds. The zero-order valence-electron chi connectivity index (χ0n) is 6.98. The monoisotopic (exact) mass is 287 g/mol. The molecule has 0 bridgehead atoms. The Morgan fingerprint density at radius 2 is 2.29 bits per heavy atom. The van der Waals surface area contributed by atoms with Crippen molar-refractivity contribution in [3.63, 3.8) is 0 Å². The van der Waals surface area contributed by atoms with Crippen LogP contribution in [0, 0.1) is 0 Å². The van der Waals surface area contributed by atoms with Crippen molar-refractivity contribution in [2.24, 2.45) is 0 Å². The Balaban J connectivity index is 2.25. The molecule has 72 valence electrons. The van der Waals surface area contributed by atoms with E-state index in [0.717, 1.165) is 19.4 Å². The summed E-state index contributed by atoms with van der Waals surface area (Å²) >= 11 is 6.40. The van der Waals surface area contributed by atoms with E-state index in [4.69, 9.17) is 5.73 Å². The van der Waals surface area contributed by atoms with Gasteiger partial charge in [0, 0.05) is 15.1 Å². The van der Waals surface area contributed by atoms with Gasteiger partial charge in [-0.3, -0.25) is 0 Å². The molecule has 0 saturated carbocycles. The zero-order valence-corrected chi connectivity index (χ0v) is 10.2. The minimum absolute atomic E-state index is 0.749. The number of aromatic nitrogens is 2. The number of hydrogen-bond donors (Lipinski definition) is 1. The van der Waals surface area contributed by atoms with Crippen molar-refractivity contribution in [2.75, 3.05) is 5.73 Å². The summed E-state index contributed by atoms with van der Waals surface area (Å²) < 4.78 is 5.85. The summed E-state index contributed by atoms with van der Waals surface area (Å²) in [7, 11) is 0. The summed E-state index contributed by atoms with van der Waals surface area (Å²) in [5.74, 6) is 0. The number of anilines is 1. The molecule has 0 aliphatic heterocycles. The Hall–Kier alpha value is -0.590. The van der Waals surface area contributed by atoms with E-state index in [1.807, 2.05) is 18.2 Å². The third-order valence-electron chi connectivity index (χ3n) is 1.49. The summed E-state index contributed by atoms with van der Waals surface area (Å²) in [6.45, 7) is 0. The molecule has 0 fully saturated rings. The van der Waals surface area contributed by atoms with Crippen molar-refractivity contribution < 1.29 is 0 Å². The molecule has 1 aromatic heterocycles. The Morgan fingerprint density at radius 1 is 1.43 bits per heavy atom. The third-order valence-corrected chi connectivity index (χ3v) is 4.20. The van der Waals surface area contributed by atoms with E-state index >= 15 is 0 Å². The lowest BCUT2D eigenvalue weighted by Gasteiger charge is -2.01. The molecule has 0 atom stereocenters. The first-order valence-corrected chi connectivity index (χ1v) is 6.13. The third kappa shape index (κ3) is 2.26. The quantitative estimate of drug-likeness (QED) is 0.863. The molecule has 0 aliphatic rings. The van der Waals surface area contributed by atoms with Gasteiger partial charge in [0.25, 0.3) is 0 Å². The van der Waals surface area contributed by atoms with Gasteiger partial charge in [0.1, 0.15) is 6.33 Å². The van der Waals surface area contributed by atoms with Crippen LogP contribution >= 0.6 is 39.2 Å². The molecule has 14 heavy (non-hydrogen) atoms. The van der Waals surface area contributed by atoms with Crippen LogP contribution < -0.4 is 5.73 Å². The summed E-state index contributed by atoms with van der Waals surface area (Å²) in [5, 5.41) is 0. The normalized spacial score (nSPS) is 10.4. The van der Waals surface area contributed by atoms with Gasteiger partial charge in [-0.15, -0.1) is 0 Å². The van der Waals surface area contributed by atoms with Crippen LogP contribution in [0.2, 0.25) is 0 Å². The number of nitrogens with two attached hydrogens (primary N) is 1. The predicted octanol–water partition coefficient (Wildman–Crippen LogP) is 3.03. The Kier molecular flexibility index (Phi) is 3.05. The molecule has 1 aromatic carbocycles. The first kappa shape index (κ1) is 9.95. The van der Waals surface area contributed by atoms with Crippen molar-refractivity contribution >= 4 is 44.9 Å². The second-order valence-corrected chi connectivity index (χ2v) is 5.42. The van der Waals surface area contributed by atoms with Gasteiger partial charge in [-0.2, -0.15) is 4.37 Å². The summed E-state index contributed by atoms with van der Waals surface area (Å²) in [4.78, 5) is 5.19. The van der Waals surface area contributed by atoms with E-state index in [0.29, 0.717) is 0 Å². The highest BCUT2D eigenvalue weighted by Gasteiger charge is 2.04. The van der Waals surface area contributed by atoms with E-state index in [2.05, 4.69) is 25.3 Å². The largest absolute Gasteiger partial charge is 0.399 e. The first-order valence-electron chi connectivity index (χ1n) is 3.75. The highest BCUT2D eigenvalue weighted by molar-refractivity contribution is 9.10. The molecule has 0 aliphatic carbocycles. The van der Waals surface area contributed by atoms with Crippen molar-refractivity contribution in [1.82, 2.24) is 9.36 Å². The molecule has 0 saturated heterocycles. The highest BCUT2D eigenvalue weighted by Crippen LogP contribution is 2.34. The average molecular weight is 288 g/mol. The van der Waals surface area contributed by atoms with Gasteiger partial charge < -0.3 is 5.73 Å². The van der Waals surface area contributed by atoms with E-state index in [9.17, 15) is 0 Å². The average Bonchev–Trinajstić information content (AvgIpc) is 2.62. The minimum atomic E-state index is 0.749. The number of rotatable bonds is 2. The summed E-state index contributed by atoms with van der Waals surface area (Å²) in [6, 6.07) is 5.71. The lowest BCUT2D eigenvalue weighted by atomic mass is 10.3. The van der Waals surface area contributed by atoms with Gasteiger partial charge in [0.2, 0.25) is 0 Å². The second kappa shape index (κ2) is 4.29. The predicted molar refractivity (Wildman–Crippen MR) is 62.6 cm³/mol. The van der Waals surface area contributed by atoms with Gasteiger partial charge >= 0.3 is 0 Å². The van der Waals surface area contributed by atoms with E-state index in [1.165, 1.54) is 11.5 Å². The zero-order chi connectivity index (χ0) is 9.97. The van der Waals surface area contributed by atoms with Crippen molar-refractivity contribution in [2.45, 2.75) is 9.24 Å². The van der Waals surface area contributed by atoms with Gasteiger partial charge in [0.05, 0.1) is 0 Å². The number of halogens is 1. The van der Waals surface area contributed by atoms with Crippen molar-refractivity contribution in [3.8, 4) is 0 Å². The van der Waals surface area contributed by atoms with E-state index < -0.39 is 0 Å². The lowest BCUT2D eigenvalue weighted by Crippen LogP contribution is -1.84. The standard InChI is InChI=1S/C8H6BrN3S2/c9-6-3-5(10)1-2-7(6)13-8-11-4-12-14-8/h1-4H,10H2. The molecule has 0 unspecified atom stereocenters. The molecule has 6 heteroatoms. The van der Waals surface area contributed by atoms with Gasteiger partial charge in [-0.25, -0.2) is 4.98 Å². The summed E-state index contributed by atoms with van der Waals surface area (Å²) in [6.07, 6.45) is 1.55. The van der Waals surface area contributed by atoms with Crippen molar-refractivity contribution in [1.29, 1.82) is 0 Å². The van der Waals surface area contributed by atoms with Crippen LogP contribution in [0.1, 0.15) is 0 Å². The van der Waals surface area contributed by atoms with E-state index in [-0.39, 0.29) is 0 Å². The maximum atomic E-state index is 5.64. The fraction of sp³-hybridized carbons (Fsp3) is 0. The van der Waals surface area contributed by atoms with Crippen LogP contribution in [0.3, 0.4) is 0 Å². The fourth-order valence-corrected chi connectivity index (χ4v) is 2.95. The highest BCUT2D eigenvalue weighted by atomic mass is 79.9. The number of benzene rings is 1. The fourth-order valence-electron chi connectivity index (χ4n) is 0.902. The summed E-state index contributed by atoms with van der Waals surface area (Å²) in [5.41, 5.74) is 6.38. The number of nitrogen functional groups attached to an aromatic ring is 1. The van der Waals surface area contributed by atoms with E-state index in [1.54, 1.807) is 18.1 Å². The SMILES string of the molecule is Nc1ccc(Sc2ncns2)c(Br)c1. The minimum Gasteiger partial charge on any atom is -0.399 e. The smallest absolute Gasteiger partial charge is 0.174 e. The lowest BCUT2D eigenvalue weighted by molar-refractivity contribution is 1.21. The molecule has 2 rings (SSSR count). The Bertz CT molecular complexity index is 430. The van der Waals surface area contributed by atoms with Gasteiger partial charge in [-0.05, 0) is 45.7 Å². The van der Waals surface area contributed by atoms with Crippen LogP contribution in [0.15, 0.2) is 38.2 Å². The van der Waals surface area contributed by atoms with Crippen LogP contribution in [0.25, 0.3) is 0 Å². The van der Waals surface area contributed by atoms with Crippen LogP contribution in [0.5, 0.6) is 0 Å². The number of nitrogens with zero attached hydrogens (tertiary/aromatic N) is 2. The molecular weight excluding hydrogens is 282 g/mol. The first-order chi connectivity index (χ1) is 6.75. The Morgan fingerprint density at radius 3 is 2.93 bits per heavy atom. The second-order valence-electron chi connectivity index (χ2n) is 2.50. The molecule has 2 aromatic rings. The topological polar surface area (TPSA) is 51.8 Å². The maximum Gasteiger partial charge on any atom is 0.174 e. The van der Waals surface area contributed by atoms with Crippen LogP contribution in [-0.4, -0.2) is 9.36 Å². The molecule has 0 spiro atoms. The maximum absolute atomic E-state index is 5.64. The molecule has 2 N–H and O–H groups in total. The molecule has 1 heterocycles. The van der Waals surface area contributed by atoms with Gasteiger partial charge in [-0.1, -0.05) is 11.8 Å².